The first kappa shape index (κ1) is 22.0. The number of nitriles is 1. The molecule has 2 N–H and O–H groups in total. The van der Waals surface area contributed by atoms with Gasteiger partial charge in [0.25, 0.3) is 0 Å². The Hall–Kier alpha value is -4.16. The molecule has 9 nitrogen and oxygen atoms in total. The van der Waals surface area contributed by atoms with Gasteiger partial charge in [-0.1, -0.05) is 0 Å². The number of anilines is 3. The molecular formula is C24H23N5O4. The maximum absolute atomic E-state index is 11.0. The maximum Gasteiger partial charge on any atom is 0.344 e. The van der Waals surface area contributed by atoms with Crippen LogP contribution in [0.5, 0.6) is 5.75 Å². The molecule has 0 spiro atoms. The molecule has 33 heavy (non-hydrogen) atoms. The lowest BCUT2D eigenvalue weighted by molar-refractivity contribution is -0.144. The summed E-state index contributed by atoms with van der Waals surface area (Å²) < 4.78 is 10.8. The fourth-order valence-electron chi connectivity index (χ4n) is 3.41. The van der Waals surface area contributed by atoms with Gasteiger partial charge < -0.3 is 24.8 Å². The van der Waals surface area contributed by atoms with Gasteiger partial charge in [-0.15, -0.1) is 0 Å². The van der Waals surface area contributed by atoms with Crippen LogP contribution in [0.25, 0.3) is 11.3 Å². The van der Waals surface area contributed by atoms with Crippen molar-refractivity contribution in [2.75, 3.05) is 36.5 Å². The molecule has 0 amide bonds. The zero-order valence-corrected chi connectivity index (χ0v) is 18.1. The normalized spacial score (nSPS) is 14.2. The Morgan fingerprint density at radius 1 is 1.21 bits per heavy atom. The number of hydrogen-bond donors (Lipinski definition) is 2. The Labute approximate surface area is 191 Å². The van der Waals surface area contributed by atoms with Gasteiger partial charge in [0.2, 0.25) is 5.95 Å². The molecule has 1 fully saturated rings. The molecule has 0 radical (unpaired) electrons. The standard InChI is InChI=1S/C24H23N5O4/c1-16(23(30)31)33-22-7-2-17(14-18(22)15-25)21-8-9-26-24(28-21)27-19-3-5-20(6-4-19)29-10-12-32-13-11-29/h2-9,14,16H,10-13H2,1H3,(H,30,31)(H,26,27,28). The lowest BCUT2D eigenvalue weighted by Crippen LogP contribution is -2.36. The molecule has 0 saturated carbocycles. The van der Waals surface area contributed by atoms with Crippen LogP contribution in [0.4, 0.5) is 17.3 Å². The van der Waals surface area contributed by atoms with E-state index in [1.807, 2.05) is 30.3 Å². The predicted octanol–water partition coefficient (Wildman–Crippen LogP) is 3.45. The number of ether oxygens (including phenoxy) is 2. The van der Waals surface area contributed by atoms with Crippen LogP contribution < -0.4 is 15.0 Å². The van der Waals surface area contributed by atoms with E-state index in [0.29, 0.717) is 17.2 Å². The van der Waals surface area contributed by atoms with Gasteiger partial charge in [0.15, 0.2) is 6.10 Å². The Kier molecular flexibility index (Phi) is 6.66. The number of morpholine rings is 1. The van der Waals surface area contributed by atoms with Crippen LogP contribution in [0.2, 0.25) is 0 Å². The summed E-state index contributed by atoms with van der Waals surface area (Å²) in [7, 11) is 0. The van der Waals surface area contributed by atoms with Gasteiger partial charge in [-0.3, -0.25) is 0 Å². The van der Waals surface area contributed by atoms with Crippen molar-refractivity contribution in [2.24, 2.45) is 0 Å². The number of aliphatic carboxylic acids is 1. The second-order valence-corrected chi connectivity index (χ2v) is 7.46. The fourth-order valence-corrected chi connectivity index (χ4v) is 3.41. The maximum atomic E-state index is 11.0. The smallest absolute Gasteiger partial charge is 0.344 e. The number of nitrogens with zero attached hydrogens (tertiary/aromatic N) is 4. The second kappa shape index (κ2) is 9.97. The summed E-state index contributed by atoms with van der Waals surface area (Å²) in [5.41, 5.74) is 3.53. The van der Waals surface area contributed by atoms with Crippen molar-refractivity contribution in [1.82, 2.24) is 9.97 Å². The number of carbonyl (C=O) groups is 1. The molecule has 0 bridgehead atoms. The van der Waals surface area contributed by atoms with Crippen LogP contribution in [0, 0.1) is 11.3 Å². The van der Waals surface area contributed by atoms with E-state index in [-0.39, 0.29) is 11.3 Å². The number of benzene rings is 2. The first-order valence-corrected chi connectivity index (χ1v) is 10.5. The monoisotopic (exact) mass is 445 g/mol. The van der Waals surface area contributed by atoms with Crippen LogP contribution >= 0.6 is 0 Å². The minimum absolute atomic E-state index is 0.212. The Bertz CT molecular complexity index is 1170. The molecule has 2 heterocycles. The molecule has 1 atom stereocenters. The molecule has 1 saturated heterocycles. The number of hydrogen-bond acceptors (Lipinski definition) is 8. The number of rotatable bonds is 7. The topological polar surface area (TPSA) is 121 Å². The molecule has 168 valence electrons. The second-order valence-electron chi connectivity index (χ2n) is 7.46. The van der Waals surface area contributed by atoms with Gasteiger partial charge in [-0.05, 0) is 55.5 Å². The number of carboxylic acid groups (broad SMARTS) is 1. The zero-order valence-electron chi connectivity index (χ0n) is 18.1. The van der Waals surface area contributed by atoms with E-state index in [2.05, 4.69) is 20.2 Å². The number of aromatic nitrogens is 2. The van der Waals surface area contributed by atoms with Gasteiger partial charge in [0.1, 0.15) is 11.8 Å². The largest absolute Gasteiger partial charge is 0.479 e. The molecule has 2 aromatic carbocycles. The van der Waals surface area contributed by atoms with E-state index in [4.69, 9.17) is 14.6 Å². The van der Waals surface area contributed by atoms with Crippen molar-refractivity contribution in [3.63, 3.8) is 0 Å². The van der Waals surface area contributed by atoms with E-state index in [1.165, 1.54) is 6.92 Å². The molecule has 4 rings (SSSR count). The van der Waals surface area contributed by atoms with Crippen LogP contribution in [-0.2, 0) is 9.53 Å². The van der Waals surface area contributed by atoms with Gasteiger partial charge in [-0.25, -0.2) is 14.8 Å². The molecular weight excluding hydrogens is 422 g/mol. The van der Waals surface area contributed by atoms with Crippen LogP contribution in [0.15, 0.2) is 54.7 Å². The highest BCUT2D eigenvalue weighted by molar-refractivity contribution is 5.73. The van der Waals surface area contributed by atoms with E-state index >= 15 is 0 Å². The Morgan fingerprint density at radius 3 is 2.67 bits per heavy atom. The average Bonchev–Trinajstić information content (AvgIpc) is 2.85. The summed E-state index contributed by atoms with van der Waals surface area (Å²) in [6.07, 6.45) is 0.572. The highest BCUT2D eigenvalue weighted by Gasteiger charge is 2.16. The summed E-state index contributed by atoms with van der Waals surface area (Å²) in [5, 5.41) is 21.7. The fraction of sp³-hybridized carbons (Fsp3) is 0.250. The van der Waals surface area contributed by atoms with Gasteiger partial charge >= 0.3 is 5.97 Å². The highest BCUT2D eigenvalue weighted by atomic mass is 16.5. The lowest BCUT2D eigenvalue weighted by atomic mass is 10.1. The summed E-state index contributed by atoms with van der Waals surface area (Å²) >= 11 is 0. The van der Waals surface area contributed by atoms with Gasteiger partial charge in [0, 0.05) is 36.2 Å². The summed E-state index contributed by atoms with van der Waals surface area (Å²) in [5.74, 6) is -0.471. The van der Waals surface area contributed by atoms with Crippen molar-refractivity contribution in [2.45, 2.75) is 13.0 Å². The van der Waals surface area contributed by atoms with Crippen LogP contribution in [-0.4, -0.2) is 53.5 Å². The van der Waals surface area contributed by atoms with Crippen molar-refractivity contribution >= 4 is 23.3 Å². The van der Waals surface area contributed by atoms with E-state index < -0.39 is 12.1 Å². The Balaban J connectivity index is 1.49. The first-order chi connectivity index (χ1) is 16.0. The molecule has 1 aliphatic heterocycles. The van der Waals surface area contributed by atoms with Crippen molar-refractivity contribution in [3.8, 4) is 23.1 Å². The van der Waals surface area contributed by atoms with Gasteiger partial charge in [-0.2, -0.15) is 5.26 Å². The molecule has 1 unspecified atom stereocenters. The Morgan fingerprint density at radius 2 is 1.97 bits per heavy atom. The number of nitrogens with one attached hydrogen (secondary N) is 1. The molecule has 1 aromatic heterocycles. The van der Waals surface area contributed by atoms with Crippen molar-refractivity contribution in [3.05, 3.63) is 60.3 Å². The third-order valence-electron chi connectivity index (χ3n) is 5.20. The van der Waals surface area contributed by atoms with Gasteiger partial charge in [0.05, 0.1) is 24.5 Å². The van der Waals surface area contributed by atoms with E-state index in [9.17, 15) is 10.1 Å². The van der Waals surface area contributed by atoms with E-state index in [1.54, 1.807) is 30.5 Å². The number of carboxylic acids is 1. The van der Waals surface area contributed by atoms with Crippen LogP contribution in [0.3, 0.4) is 0 Å². The molecule has 9 heteroatoms. The minimum atomic E-state index is -1.10. The average molecular weight is 445 g/mol. The summed E-state index contributed by atoms with van der Waals surface area (Å²) in [6, 6.07) is 16.8. The zero-order chi connectivity index (χ0) is 23.2. The SMILES string of the molecule is CC(Oc1ccc(-c2ccnc(Nc3ccc(N4CCOCC4)cc3)n2)cc1C#N)C(=O)O. The minimum Gasteiger partial charge on any atom is -0.479 e. The highest BCUT2D eigenvalue weighted by Crippen LogP contribution is 2.27. The first-order valence-electron chi connectivity index (χ1n) is 10.5. The quantitative estimate of drug-likeness (QED) is 0.563. The summed E-state index contributed by atoms with van der Waals surface area (Å²) in [6.45, 7) is 4.64. The lowest BCUT2D eigenvalue weighted by Gasteiger charge is -2.28. The van der Waals surface area contributed by atoms with Crippen molar-refractivity contribution < 1.29 is 19.4 Å². The summed E-state index contributed by atoms with van der Waals surface area (Å²) in [4.78, 5) is 22.2. The molecule has 0 aliphatic carbocycles. The van der Waals surface area contributed by atoms with Crippen molar-refractivity contribution in [1.29, 1.82) is 5.26 Å². The molecule has 3 aromatic rings. The third kappa shape index (κ3) is 5.37. The predicted molar refractivity (Wildman–Crippen MR) is 123 cm³/mol. The van der Waals surface area contributed by atoms with Crippen LogP contribution in [0.1, 0.15) is 12.5 Å². The molecule has 1 aliphatic rings. The van der Waals surface area contributed by atoms with E-state index in [0.717, 1.165) is 37.7 Å². The third-order valence-corrected chi connectivity index (χ3v) is 5.20.